The number of carboxylic acids is 1. The zero-order chi connectivity index (χ0) is 25.3. The Labute approximate surface area is 197 Å². The number of amides is 3. The summed E-state index contributed by atoms with van der Waals surface area (Å²) in [4.78, 5) is 48.9. The third-order valence-electron chi connectivity index (χ3n) is 5.13. The molecule has 2 aromatic carbocycles. The molecule has 2 rings (SSSR count). The molecule has 10 nitrogen and oxygen atoms in total. The van der Waals surface area contributed by atoms with Crippen molar-refractivity contribution >= 4 is 23.7 Å². The van der Waals surface area contributed by atoms with Crippen molar-refractivity contribution in [2.45, 2.75) is 50.9 Å². The van der Waals surface area contributed by atoms with Gasteiger partial charge in [-0.2, -0.15) is 0 Å². The molecule has 34 heavy (non-hydrogen) atoms. The first kappa shape index (κ1) is 26.3. The number of hydrogen-bond donors (Lipinski definition) is 6. The third-order valence-corrected chi connectivity index (χ3v) is 5.13. The molecule has 10 heteroatoms. The summed E-state index contributed by atoms with van der Waals surface area (Å²) in [6.07, 6.45) is 0.349. The number of hydrogen-bond acceptors (Lipinski definition) is 6. The molecule has 0 aliphatic rings. The van der Waals surface area contributed by atoms with E-state index in [2.05, 4.69) is 16.0 Å². The zero-order valence-corrected chi connectivity index (χ0v) is 19.0. The van der Waals surface area contributed by atoms with Crippen LogP contribution >= 0.6 is 0 Å². The highest BCUT2D eigenvalue weighted by molar-refractivity contribution is 5.94. The highest BCUT2D eigenvalue weighted by Crippen LogP contribution is 2.12. The Kier molecular flexibility index (Phi) is 9.57. The van der Waals surface area contributed by atoms with Gasteiger partial charge in [-0.15, -0.1) is 0 Å². The minimum Gasteiger partial charge on any atom is -0.508 e. The van der Waals surface area contributed by atoms with E-state index in [0.29, 0.717) is 5.56 Å². The van der Waals surface area contributed by atoms with Crippen LogP contribution in [0, 0.1) is 0 Å². The van der Waals surface area contributed by atoms with E-state index in [-0.39, 0.29) is 18.6 Å². The predicted molar refractivity (Wildman–Crippen MR) is 125 cm³/mol. The average Bonchev–Trinajstić information content (AvgIpc) is 2.80. The molecule has 0 spiro atoms. The smallest absolute Gasteiger partial charge is 0.325 e. The first-order valence-corrected chi connectivity index (χ1v) is 10.8. The largest absolute Gasteiger partial charge is 0.508 e. The second kappa shape index (κ2) is 12.4. The van der Waals surface area contributed by atoms with Crippen LogP contribution in [0.2, 0.25) is 0 Å². The Bertz CT molecular complexity index is 996. The number of phenolic OH excluding ortho intramolecular Hbond substituents is 1. The van der Waals surface area contributed by atoms with Gasteiger partial charge in [-0.05, 0) is 43.5 Å². The number of benzene rings is 2. The number of aliphatic carboxylic acids is 1. The van der Waals surface area contributed by atoms with E-state index < -0.39 is 47.9 Å². The van der Waals surface area contributed by atoms with Crippen LogP contribution in [0.3, 0.4) is 0 Å². The van der Waals surface area contributed by atoms with Gasteiger partial charge >= 0.3 is 5.97 Å². The maximum atomic E-state index is 13.0. The van der Waals surface area contributed by atoms with Gasteiger partial charge in [0.25, 0.3) is 0 Å². The molecule has 0 saturated carbocycles. The van der Waals surface area contributed by atoms with Crippen molar-refractivity contribution < 1.29 is 29.4 Å². The van der Waals surface area contributed by atoms with Gasteiger partial charge in [0.05, 0.1) is 6.04 Å². The number of nitrogens with two attached hydrogens (primary N) is 1. The molecule has 0 bridgehead atoms. The van der Waals surface area contributed by atoms with Gasteiger partial charge in [-0.1, -0.05) is 42.5 Å². The lowest BCUT2D eigenvalue weighted by Crippen LogP contribution is -2.56. The maximum absolute atomic E-state index is 13.0. The van der Waals surface area contributed by atoms with Crippen LogP contribution in [0.5, 0.6) is 5.75 Å². The van der Waals surface area contributed by atoms with Crippen molar-refractivity contribution in [1.29, 1.82) is 0 Å². The Hall–Kier alpha value is -3.92. The first-order chi connectivity index (χ1) is 16.1. The van der Waals surface area contributed by atoms with Crippen molar-refractivity contribution in [3.8, 4) is 5.75 Å². The summed E-state index contributed by atoms with van der Waals surface area (Å²) in [7, 11) is 0. The van der Waals surface area contributed by atoms with Gasteiger partial charge in [0.15, 0.2) is 0 Å². The quantitative estimate of drug-likeness (QED) is 0.270. The first-order valence-electron chi connectivity index (χ1n) is 10.8. The summed E-state index contributed by atoms with van der Waals surface area (Å²) < 4.78 is 0. The van der Waals surface area contributed by atoms with E-state index in [1.54, 1.807) is 12.1 Å². The summed E-state index contributed by atoms with van der Waals surface area (Å²) in [6, 6.07) is 11.2. The van der Waals surface area contributed by atoms with Crippen LogP contribution in [0.4, 0.5) is 0 Å². The van der Waals surface area contributed by atoms with Crippen molar-refractivity contribution in [3.05, 3.63) is 65.7 Å². The summed E-state index contributed by atoms with van der Waals surface area (Å²) in [6.45, 7) is 2.71. The normalized spacial score (nSPS) is 14.2. The van der Waals surface area contributed by atoms with E-state index in [1.807, 2.05) is 30.3 Å². The number of carboxylic acid groups (broad SMARTS) is 1. The fraction of sp³-hybridized carbons (Fsp3) is 0.333. The van der Waals surface area contributed by atoms with Crippen LogP contribution in [-0.4, -0.2) is 58.1 Å². The van der Waals surface area contributed by atoms with Gasteiger partial charge in [0, 0.05) is 6.42 Å². The van der Waals surface area contributed by atoms with Crippen LogP contribution in [0.1, 0.15) is 25.0 Å². The molecule has 0 aliphatic heterocycles. The van der Waals surface area contributed by atoms with Crippen molar-refractivity contribution in [1.82, 2.24) is 16.0 Å². The lowest BCUT2D eigenvalue weighted by Gasteiger charge is -2.23. The Morgan fingerprint density at radius 2 is 1.32 bits per heavy atom. The van der Waals surface area contributed by atoms with Crippen LogP contribution < -0.4 is 21.7 Å². The predicted octanol–water partition coefficient (Wildman–Crippen LogP) is 0.0835. The van der Waals surface area contributed by atoms with Crippen LogP contribution in [-0.2, 0) is 32.0 Å². The molecular formula is C24H30N4O6. The van der Waals surface area contributed by atoms with Gasteiger partial charge in [0.2, 0.25) is 17.7 Å². The lowest BCUT2D eigenvalue weighted by molar-refractivity contribution is -0.141. The topological polar surface area (TPSA) is 171 Å². The average molecular weight is 471 g/mol. The molecule has 4 unspecified atom stereocenters. The second-order valence-electron chi connectivity index (χ2n) is 8.03. The van der Waals surface area contributed by atoms with E-state index in [0.717, 1.165) is 5.56 Å². The molecule has 2 aromatic rings. The Morgan fingerprint density at radius 1 is 0.765 bits per heavy atom. The van der Waals surface area contributed by atoms with Gasteiger partial charge in [-0.3, -0.25) is 19.2 Å². The highest BCUT2D eigenvalue weighted by Gasteiger charge is 2.27. The number of nitrogens with one attached hydrogen (secondary N) is 3. The molecule has 0 radical (unpaired) electrons. The van der Waals surface area contributed by atoms with Crippen molar-refractivity contribution in [2.24, 2.45) is 5.73 Å². The van der Waals surface area contributed by atoms with E-state index >= 15 is 0 Å². The molecule has 0 heterocycles. The molecular weight excluding hydrogens is 440 g/mol. The van der Waals surface area contributed by atoms with Gasteiger partial charge in [-0.25, -0.2) is 0 Å². The fourth-order valence-electron chi connectivity index (χ4n) is 3.10. The molecule has 4 atom stereocenters. The number of rotatable bonds is 11. The van der Waals surface area contributed by atoms with Gasteiger partial charge in [0.1, 0.15) is 23.9 Å². The standard InChI is InChI=1S/C24H30N4O6/c1-14(21(30)27-15(2)24(33)34)26-23(32)20(13-17-8-10-18(29)11-9-17)28-22(31)19(25)12-16-6-4-3-5-7-16/h3-11,14-15,19-20,29H,12-13,25H2,1-2H3,(H,26,32)(H,27,30)(H,28,31)(H,33,34). The number of aromatic hydroxyl groups is 1. The highest BCUT2D eigenvalue weighted by atomic mass is 16.4. The maximum Gasteiger partial charge on any atom is 0.325 e. The SMILES string of the molecule is CC(NC(=O)C(C)NC(=O)C(Cc1ccc(O)cc1)NC(=O)C(N)Cc1ccccc1)C(=O)O. The molecule has 3 amide bonds. The lowest BCUT2D eigenvalue weighted by atomic mass is 10.0. The molecule has 182 valence electrons. The number of phenols is 1. The Morgan fingerprint density at radius 3 is 1.91 bits per heavy atom. The number of carbonyl (C=O) groups excluding carboxylic acids is 3. The van der Waals surface area contributed by atoms with E-state index in [1.165, 1.54) is 26.0 Å². The van der Waals surface area contributed by atoms with Crippen molar-refractivity contribution in [2.75, 3.05) is 0 Å². The molecule has 0 aliphatic carbocycles. The Balaban J connectivity index is 2.10. The molecule has 7 N–H and O–H groups in total. The summed E-state index contributed by atoms with van der Waals surface area (Å²) in [5, 5.41) is 25.9. The summed E-state index contributed by atoms with van der Waals surface area (Å²) in [5.41, 5.74) is 7.57. The number of carbonyl (C=O) groups is 4. The zero-order valence-electron chi connectivity index (χ0n) is 19.0. The monoisotopic (exact) mass is 470 g/mol. The fourth-order valence-corrected chi connectivity index (χ4v) is 3.10. The third kappa shape index (κ3) is 8.21. The van der Waals surface area contributed by atoms with E-state index in [9.17, 15) is 24.3 Å². The minimum absolute atomic E-state index is 0.0523. The summed E-state index contributed by atoms with van der Waals surface area (Å²) >= 11 is 0. The van der Waals surface area contributed by atoms with Crippen LogP contribution in [0.25, 0.3) is 0 Å². The second-order valence-corrected chi connectivity index (χ2v) is 8.03. The minimum atomic E-state index is -1.21. The van der Waals surface area contributed by atoms with Crippen molar-refractivity contribution in [3.63, 3.8) is 0 Å². The van der Waals surface area contributed by atoms with E-state index in [4.69, 9.17) is 10.8 Å². The molecule has 0 fully saturated rings. The molecule has 0 saturated heterocycles. The summed E-state index contributed by atoms with van der Waals surface area (Å²) in [5.74, 6) is -3.02. The molecule has 0 aromatic heterocycles. The van der Waals surface area contributed by atoms with Crippen LogP contribution in [0.15, 0.2) is 54.6 Å². The van der Waals surface area contributed by atoms with Gasteiger partial charge < -0.3 is 31.9 Å².